The zero-order chi connectivity index (χ0) is 18.3. The first-order valence-electron chi connectivity index (χ1n) is 7.73. The molecule has 0 aliphatic heterocycles. The molecule has 0 saturated heterocycles. The van der Waals surface area contributed by atoms with Crippen molar-refractivity contribution < 1.29 is 9.21 Å². The van der Waals surface area contributed by atoms with Gasteiger partial charge in [-0.1, -0.05) is 44.0 Å². The maximum atomic E-state index is 12.5. The van der Waals surface area contributed by atoms with Gasteiger partial charge in [0.15, 0.2) is 10.9 Å². The van der Waals surface area contributed by atoms with Crippen LogP contribution in [0.4, 0.5) is 5.13 Å². The van der Waals surface area contributed by atoms with Crippen molar-refractivity contribution in [3.05, 3.63) is 68.1 Å². The Morgan fingerprint density at radius 2 is 1.81 bits per heavy atom. The molecule has 4 rings (SSSR count). The average Bonchev–Trinajstić information content (AvgIpc) is 3.18. The fraction of sp³-hybridized carbons (Fsp3) is 0.0526. The lowest BCUT2D eigenvalue weighted by molar-refractivity contribution is 0.0998. The minimum atomic E-state index is -0.312. The molecular weight excluding hydrogens is 480 g/mol. The quantitative estimate of drug-likeness (QED) is 0.349. The van der Waals surface area contributed by atoms with Crippen LogP contribution in [0.3, 0.4) is 0 Å². The Labute approximate surface area is 170 Å². The molecule has 0 bridgehead atoms. The van der Waals surface area contributed by atoms with Gasteiger partial charge in [-0.3, -0.25) is 10.1 Å². The number of nitrogens with one attached hydrogen (secondary N) is 1. The van der Waals surface area contributed by atoms with E-state index >= 15 is 0 Å². The van der Waals surface area contributed by atoms with Crippen molar-refractivity contribution in [1.29, 1.82) is 0 Å². The highest BCUT2D eigenvalue weighted by atomic mass is 79.9. The average molecular weight is 492 g/mol. The van der Waals surface area contributed by atoms with E-state index in [0.29, 0.717) is 10.7 Å². The summed E-state index contributed by atoms with van der Waals surface area (Å²) in [6.07, 6.45) is 0. The summed E-state index contributed by atoms with van der Waals surface area (Å²) in [5.74, 6) is -0.0513. The summed E-state index contributed by atoms with van der Waals surface area (Å²) in [6, 6.07) is 15.3. The van der Waals surface area contributed by atoms with Gasteiger partial charge in [0, 0.05) is 24.8 Å². The number of amides is 1. The van der Waals surface area contributed by atoms with E-state index in [-0.39, 0.29) is 11.7 Å². The number of furan rings is 1. The molecule has 0 unspecified atom stereocenters. The molecule has 4 nitrogen and oxygen atoms in total. The molecule has 4 aromatic rings. The molecule has 0 aliphatic carbocycles. The van der Waals surface area contributed by atoms with Crippen LogP contribution in [0, 0.1) is 6.92 Å². The Morgan fingerprint density at radius 1 is 1.08 bits per heavy atom. The summed E-state index contributed by atoms with van der Waals surface area (Å²) in [5, 5.41) is 4.25. The van der Waals surface area contributed by atoms with Crippen molar-refractivity contribution in [2.75, 3.05) is 5.32 Å². The van der Waals surface area contributed by atoms with Crippen LogP contribution in [-0.4, -0.2) is 10.9 Å². The third-order valence-electron chi connectivity index (χ3n) is 3.84. The number of rotatable bonds is 3. The molecule has 7 heteroatoms. The third kappa shape index (κ3) is 3.47. The second kappa shape index (κ2) is 6.98. The standard InChI is InChI=1S/C19H12Br2N2O2S/c1-10-17(11-2-4-13(20)5-3-11)22-19(26-10)23-18(24)16-9-12-8-14(21)6-7-15(12)25-16/h2-9H,1H3,(H,22,23,24). The van der Waals surface area contributed by atoms with Crippen molar-refractivity contribution in [3.8, 4) is 11.3 Å². The first-order chi connectivity index (χ1) is 12.5. The number of halogens is 2. The molecule has 0 saturated carbocycles. The van der Waals surface area contributed by atoms with E-state index in [1.807, 2.05) is 49.4 Å². The van der Waals surface area contributed by atoms with Crippen molar-refractivity contribution in [2.24, 2.45) is 0 Å². The van der Waals surface area contributed by atoms with E-state index in [2.05, 4.69) is 42.2 Å². The fourth-order valence-electron chi connectivity index (χ4n) is 2.61. The Balaban J connectivity index is 1.59. The second-order valence-corrected chi connectivity index (χ2v) is 8.71. The van der Waals surface area contributed by atoms with E-state index in [1.54, 1.807) is 6.07 Å². The highest BCUT2D eigenvalue weighted by Crippen LogP contribution is 2.31. The lowest BCUT2D eigenvalue weighted by atomic mass is 10.1. The Bertz CT molecular complexity index is 1120. The molecule has 0 aliphatic rings. The number of carbonyl (C=O) groups is 1. The second-order valence-electron chi connectivity index (χ2n) is 5.68. The van der Waals surface area contributed by atoms with E-state index in [9.17, 15) is 4.79 Å². The molecule has 0 fully saturated rings. The predicted molar refractivity (Wildman–Crippen MR) is 112 cm³/mol. The summed E-state index contributed by atoms with van der Waals surface area (Å²) in [4.78, 5) is 18.1. The van der Waals surface area contributed by atoms with E-state index in [1.165, 1.54) is 11.3 Å². The molecular formula is C19H12Br2N2O2S. The van der Waals surface area contributed by atoms with Crippen LogP contribution in [0.1, 0.15) is 15.4 Å². The number of anilines is 1. The van der Waals surface area contributed by atoms with Crippen LogP contribution in [0.5, 0.6) is 0 Å². The largest absolute Gasteiger partial charge is 0.451 e. The van der Waals surface area contributed by atoms with Crippen LogP contribution in [0.2, 0.25) is 0 Å². The van der Waals surface area contributed by atoms with Crippen molar-refractivity contribution in [2.45, 2.75) is 6.92 Å². The summed E-state index contributed by atoms with van der Waals surface area (Å²) in [7, 11) is 0. The van der Waals surface area contributed by atoms with Crippen molar-refractivity contribution in [3.63, 3.8) is 0 Å². The Hall–Kier alpha value is -1.96. The molecule has 26 heavy (non-hydrogen) atoms. The molecule has 2 aromatic heterocycles. The summed E-state index contributed by atoms with van der Waals surface area (Å²) < 4.78 is 7.58. The van der Waals surface area contributed by atoms with Gasteiger partial charge < -0.3 is 4.42 Å². The number of hydrogen-bond donors (Lipinski definition) is 1. The van der Waals surface area contributed by atoms with Crippen LogP contribution >= 0.6 is 43.2 Å². The number of thiazole rings is 1. The number of benzene rings is 2. The minimum absolute atomic E-state index is 0.260. The van der Waals surface area contributed by atoms with Gasteiger partial charge >= 0.3 is 0 Å². The van der Waals surface area contributed by atoms with Gasteiger partial charge in [0.2, 0.25) is 0 Å². The minimum Gasteiger partial charge on any atom is -0.451 e. The van der Waals surface area contributed by atoms with Gasteiger partial charge in [-0.2, -0.15) is 0 Å². The first-order valence-corrected chi connectivity index (χ1v) is 10.1. The fourth-order valence-corrected chi connectivity index (χ4v) is 4.08. The lowest BCUT2D eigenvalue weighted by Crippen LogP contribution is -2.10. The van der Waals surface area contributed by atoms with Gasteiger partial charge in [-0.25, -0.2) is 4.98 Å². The van der Waals surface area contributed by atoms with Gasteiger partial charge in [-0.15, -0.1) is 11.3 Å². The molecule has 0 radical (unpaired) electrons. The number of nitrogens with zero attached hydrogens (tertiary/aromatic N) is 1. The summed E-state index contributed by atoms with van der Waals surface area (Å²) in [6.45, 7) is 1.99. The van der Waals surface area contributed by atoms with E-state index < -0.39 is 0 Å². The zero-order valence-corrected chi connectivity index (χ0v) is 17.5. The van der Waals surface area contributed by atoms with Gasteiger partial charge in [0.05, 0.1) is 5.69 Å². The Morgan fingerprint density at radius 3 is 2.58 bits per heavy atom. The highest BCUT2D eigenvalue weighted by Gasteiger charge is 2.16. The normalized spacial score (nSPS) is 11.0. The molecule has 1 amide bonds. The highest BCUT2D eigenvalue weighted by molar-refractivity contribution is 9.10. The number of hydrogen-bond acceptors (Lipinski definition) is 4. The van der Waals surface area contributed by atoms with E-state index in [4.69, 9.17) is 4.42 Å². The number of aromatic nitrogens is 1. The van der Waals surface area contributed by atoms with Crippen LogP contribution in [-0.2, 0) is 0 Å². The van der Waals surface area contributed by atoms with Crippen LogP contribution in [0.25, 0.3) is 22.2 Å². The molecule has 1 N–H and O–H groups in total. The molecule has 130 valence electrons. The van der Waals surface area contributed by atoms with Gasteiger partial charge in [0.25, 0.3) is 5.91 Å². The topological polar surface area (TPSA) is 55.1 Å². The maximum absolute atomic E-state index is 12.5. The smallest absolute Gasteiger partial charge is 0.293 e. The van der Waals surface area contributed by atoms with Gasteiger partial charge in [-0.05, 0) is 43.3 Å². The zero-order valence-electron chi connectivity index (χ0n) is 13.5. The van der Waals surface area contributed by atoms with E-state index in [0.717, 1.165) is 30.5 Å². The molecule has 0 atom stereocenters. The van der Waals surface area contributed by atoms with Gasteiger partial charge in [0.1, 0.15) is 5.58 Å². The summed E-state index contributed by atoms with van der Waals surface area (Å²) >= 11 is 8.29. The number of aryl methyl sites for hydroxylation is 1. The molecule has 2 aromatic carbocycles. The summed E-state index contributed by atoms with van der Waals surface area (Å²) in [5.41, 5.74) is 2.55. The SMILES string of the molecule is Cc1sc(NC(=O)c2cc3cc(Br)ccc3o2)nc1-c1ccc(Br)cc1. The predicted octanol–water partition coefficient (Wildman–Crippen LogP) is 6.64. The molecule has 0 spiro atoms. The lowest BCUT2D eigenvalue weighted by Gasteiger charge is -1.99. The Kier molecular flexibility index (Phi) is 4.69. The van der Waals surface area contributed by atoms with Crippen molar-refractivity contribution >= 4 is 65.2 Å². The first kappa shape index (κ1) is 17.5. The van der Waals surface area contributed by atoms with Crippen LogP contribution in [0.15, 0.2) is 61.9 Å². The number of fused-ring (bicyclic) bond motifs is 1. The molecule has 2 heterocycles. The van der Waals surface area contributed by atoms with Crippen LogP contribution < -0.4 is 5.32 Å². The third-order valence-corrected chi connectivity index (χ3v) is 5.75. The van der Waals surface area contributed by atoms with Crippen molar-refractivity contribution in [1.82, 2.24) is 4.98 Å². The maximum Gasteiger partial charge on any atom is 0.293 e. The monoisotopic (exact) mass is 490 g/mol. The number of carbonyl (C=O) groups excluding carboxylic acids is 1.